The van der Waals surface area contributed by atoms with Crippen molar-refractivity contribution in [3.63, 3.8) is 0 Å². The molecule has 1 heterocycles. The number of aryl methyl sites for hydroxylation is 1. The van der Waals surface area contributed by atoms with E-state index in [0.717, 1.165) is 16.8 Å². The molecule has 0 radical (unpaired) electrons. The van der Waals surface area contributed by atoms with Gasteiger partial charge in [-0.3, -0.25) is 9.79 Å². The van der Waals surface area contributed by atoms with E-state index in [-0.39, 0.29) is 17.3 Å². The lowest BCUT2D eigenvalue weighted by molar-refractivity contribution is -0.274. The van der Waals surface area contributed by atoms with Gasteiger partial charge in [-0.25, -0.2) is 0 Å². The molecular formula is C21H23F3N2O3. The largest absolute Gasteiger partial charge is 0.573 e. The van der Waals surface area contributed by atoms with Crippen LogP contribution >= 0.6 is 0 Å². The maximum absolute atomic E-state index is 12.5. The molecule has 2 N–H and O–H groups in total. The van der Waals surface area contributed by atoms with Crippen LogP contribution in [0.25, 0.3) is 10.9 Å². The third-order valence-corrected chi connectivity index (χ3v) is 5.00. The van der Waals surface area contributed by atoms with E-state index in [4.69, 9.17) is 0 Å². The first-order valence-corrected chi connectivity index (χ1v) is 9.55. The van der Waals surface area contributed by atoms with Crippen LogP contribution in [0.1, 0.15) is 43.9 Å². The molecule has 0 saturated heterocycles. The minimum absolute atomic E-state index is 0.0608. The summed E-state index contributed by atoms with van der Waals surface area (Å²) in [5.74, 6) is -0.301. The molecule has 2 aromatic rings. The molecule has 1 aromatic heterocycles. The second-order valence-electron chi connectivity index (χ2n) is 7.01. The van der Waals surface area contributed by atoms with E-state index in [9.17, 15) is 23.1 Å². The number of hydrogen-bond donors (Lipinski definition) is 2. The van der Waals surface area contributed by atoms with Gasteiger partial charge >= 0.3 is 6.36 Å². The standard InChI is InChI=1S/C21H23F3N2O3/c1-3-18(27)20-17(5-4-6-19(20)28)25-10-9-14-12(2)26-16-8-7-13(11-15(14)16)29-21(22,23)24/h7-8,11,26-27H,3-6,9-10H2,1-2H3. The first-order chi connectivity index (χ1) is 13.7. The number of H-pyrrole nitrogens is 1. The fourth-order valence-electron chi connectivity index (χ4n) is 3.67. The molecule has 1 aliphatic carbocycles. The van der Waals surface area contributed by atoms with Gasteiger partial charge < -0.3 is 14.8 Å². The maximum Gasteiger partial charge on any atom is 0.573 e. The van der Waals surface area contributed by atoms with Gasteiger partial charge in [0.1, 0.15) is 11.5 Å². The van der Waals surface area contributed by atoms with Crippen molar-refractivity contribution >= 4 is 22.4 Å². The Balaban J connectivity index is 1.84. The predicted octanol–water partition coefficient (Wildman–Crippen LogP) is 5.33. The Kier molecular flexibility index (Phi) is 6.00. The first kappa shape index (κ1) is 21.0. The number of ketones is 1. The normalized spacial score (nSPS) is 18.5. The van der Waals surface area contributed by atoms with Gasteiger partial charge in [-0.2, -0.15) is 0 Å². The number of carbonyl (C=O) groups excluding carboxylic acids is 1. The van der Waals surface area contributed by atoms with Gasteiger partial charge in [0.05, 0.1) is 5.57 Å². The average molecular weight is 408 g/mol. The van der Waals surface area contributed by atoms with Crippen LogP contribution in [-0.4, -0.2) is 34.5 Å². The van der Waals surface area contributed by atoms with Crippen LogP contribution < -0.4 is 4.74 Å². The number of allylic oxidation sites excluding steroid dienone is 2. The molecule has 1 fully saturated rings. The molecular weight excluding hydrogens is 385 g/mol. The predicted molar refractivity (Wildman–Crippen MR) is 105 cm³/mol. The Morgan fingerprint density at radius 2 is 2.07 bits per heavy atom. The summed E-state index contributed by atoms with van der Waals surface area (Å²) >= 11 is 0. The van der Waals surface area contributed by atoms with Crippen molar-refractivity contribution in [3.8, 4) is 5.75 Å². The lowest BCUT2D eigenvalue weighted by Gasteiger charge is -2.17. The fraction of sp³-hybridized carbons (Fsp3) is 0.429. The van der Waals surface area contributed by atoms with Gasteiger partial charge in [-0.15, -0.1) is 13.2 Å². The van der Waals surface area contributed by atoms with E-state index >= 15 is 0 Å². The molecule has 0 amide bonds. The molecule has 0 aliphatic heterocycles. The Bertz CT molecular complexity index is 987. The van der Waals surface area contributed by atoms with Gasteiger partial charge in [-0.05, 0) is 49.9 Å². The van der Waals surface area contributed by atoms with Gasteiger partial charge in [0.25, 0.3) is 0 Å². The third-order valence-electron chi connectivity index (χ3n) is 5.00. The second kappa shape index (κ2) is 8.31. The van der Waals surface area contributed by atoms with E-state index in [1.807, 2.05) is 6.92 Å². The molecule has 0 bridgehead atoms. The highest BCUT2D eigenvalue weighted by atomic mass is 19.4. The van der Waals surface area contributed by atoms with Crippen molar-refractivity contribution < 1.29 is 27.8 Å². The number of Topliss-reactive ketones (excluding diaryl/α,β-unsaturated/α-hetero) is 1. The number of aliphatic hydroxyl groups excluding tert-OH is 1. The zero-order valence-corrected chi connectivity index (χ0v) is 16.3. The Hall–Kier alpha value is -2.77. The molecule has 1 saturated carbocycles. The summed E-state index contributed by atoms with van der Waals surface area (Å²) in [5, 5.41) is 10.7. The van der Waals surface area contributed by atoms with E-state index < -0.39 is 6.36 Å². The average Bonchev–Trinajstić information content (AvgIpc) is 2.95. The molecule has 1 aromatic carbocycles. The summed E-state index contributed by atoms with van der Waals surface area (Å²) in [5.41, 5.74) is 3.35. The van der Waals surface area contributed by atoms with E-state index in [2.05, 4.69) is 14.7 Å². The van der Waals surface area contributed by atoms with Crippen molar-refractivity contribution in [3.05, 3.63) is 40.8 Å². The summed E-state index contributed by atoms with van der Waals surface area (Å²) in [7, 11) is 0. The highest BCUT2D eigenvalue weighted by molar-refractivity contribution is 6.24. The van der Waals surface area contributed by atoms with Gasteiger partial charge in [0, 0.05) is 41.7 Å². The molecule has 156 valence electrons. The maximum atomic E-state index is 12.5. The molecule has 0 unspecified atom stereocenters. The second-order valence-corrected chi connectivity index (χ2v) is 7.01. The highest BCUT2D eigenvalue weighted by Gasteiger charge is 2.31. The molecule has 3 rings (SSSR count). The number of nitrogens with one attached hydrogen (secondary N) is 1. The van der Waals surface area contributed by atoms with Crippen LogP contribution in [0.4, 0.5) is 13.2 Å². The monoisotopic (exact) mass is 408 g/mol. The Labute approximate surface area is 166 Å². The number of fused-ring (bicyclic) bond motifs is 1. The summed E-state index contributed by atoms with van der Waals surface area (Å²) in [6.07, 6.45) is -2.17. The minimum atomic E-state index is -4.75. The van der Waals surface area contributed by atoms with Crippen LogP contribution in [-0.2, 0) is 11.2 Å². The van der Waals surface area contributed by atoms with Crippen LogP contribution in [0.3, 0.4) is 0 Å². The van der Waals surface area contributed by atoms with E-state index in [1.165, 1.54) is 12.1 Å². The molecule has 8 heteroatoms. The summed E-state index contributed by atoms with van der Waals surface area (Å²) in [4.78, 5) is 19.9. The lowest BCUT2D eigenvalue weighted by atomic mass is 9.90. The van der Waals surface area contributed by atoms with Crippen molar-refractivity contribution in [2.75, 3.05) is 6.54 Å². The zero-order chi connectivity index (χ0) is 21.2. The molecule has 29 heavy (non-hydrogen) atoms. The van der Waals surface area contributed by atoms with E-state index in [1.54, 1.807) is 13.0 Å². The van der Waals surface area contributed by atoms with Gasteiger partial charge in [0.2, 0.25) is 0 Å². The van der Waals surface area contributed by atoms with Crippen molar-refractivity contribution in [1.29, 1.82) is 0 Å². The smallest absolute Gasteiger partial charge is 0.512 e. The lowest BCUT2D eigenvalue weighted by Crippen LogP contribution is -2.21. The molecule has 0 atom stereocenters. The number of carbonyl (C=O) groups is 1. The molecule has 0 spiro atoms. The molecule has 5 nitrogen and oxygen atoms in total. The number of aliphatic hydroxyl groups is 1. The Morgan fingerprint density at radius 1 is 1.31 bits per heavy atom. The number of ether oxygens (including phenoxy) is 1. The number of halogens is 3. The summed E-state index contributed by atoms with van der Waals surface area (Å²) in [6.45, 7) is 3.99. The first-order valence-electron chi connectivity index (χ1n) is 9.55. The van der Waals surface area contributed by atoms with Crippen molar-refractivity contribution in [1.82, 2.24) is 4.98 Å². The number of benzene rings is 1. The zero-order valence-electron chi connectivity index (χ0n) is 16.3. The van der Waals surface area contributed by atoms with Gasteiger partial charge in [-0.1, -0.05) is 6.92 Å². The number of aromatic amines is 1. The number of hydrogen-bond acceptors (Lipinski definition) is 4. The summed E-state index contributed by atoms with van der Waals surface area (Å²) in [6, 6.07) is 4.19. The van der Waals surface area contributed by atoms with Crippen LogP contribution in [0, 0.1) is 6.92 Å². The number of nitrogens with zero attached hydrogens (tertiary/aromatic N) is 1. The van der Waals surface area contributed by atoms with Crippen LogP contribution in [0.5, 0.6) is 5.75 Å². The minimum Gasteiger partial charge on any atom is -0.512 e. The quantitative estimate of drug-likeness (QED) is 0.518. The molecule has 1 aliphatic rings. The van der Waals surface area contributed by atoms with Gasteiger partial charge in [0.15, 0.2) is 5.78 Å². The van der Waals surface area contributed by atoms with Crippen molar-refractivity contribution in [2.24, 2.45) is 4.99 Å². The third kappa shape index (κ3) is 4.81. The number of aliphatic imine (C=N–C) groups is 1. The topological polar surface area (TPSA) is 74.7 Å². The Morgan fingerprint density at radius 3 is 2.76 bits per heavy atom. The number of alkyl halides is 3. The summed E-state index contributed by atoms with van der Waals surface area (Å²) < 4.78 is 41.6. The van der Waals surface area contributed by atoms with Crippen LogP contribution in [0.2, 0.25) is 0 Å². The number of rotatable bonds is 5. The van der Waals surface area contributed by atoms with E-state index in [0.29, 0.717) is 55.3 Å². The SMILES string of the molecule is CCC(O)=C1C(=O)CCCC1=NCCc1c(C)[nH]c2ccc(OC(F)(F)F)cc12. The van der Waals surface area contributed by atoms with Crippen LogP contribution in [0.15, 0.2) is 34.5 Å². The fourth-order valence-corrected chi connectivity index (χ4v) is 3.67. The highest BCUT2D eigenvalue weighted by Crippen LogP contribution is 2.30. The number of aromatic nitrogens is 1. The van der Waals surface area contributed by atoms with Crippen molar-refractivity contribution in [2.45, 2.75) is 52.3 Å².